The number of nitro benzene ring substituents is 1. The van der Waals surface area contributed by atoms with E-state index in [0.29, 0.717) is 18.0 Å². The van der Waals surface area contributed by atoms with Crippen molar-refractivity contribution in [3.63, 3.8) is 0 Å². The Morgan fingerprint density at radius 3 is 2.62 bits per heavy atom. The number of amides is 1. The first-order chi connectivity index (χ1) is 14.0. The second-order valence-corrected chi connectivity index (χ2v) is 7.29. The molecule has 2 aromatic rings. The highest BCUT2D eigenvalue weighted by Crippen LogP contribution is 2.32. The number of hydrogen-bond acceptors (Lipinski definition) is 5. The molecule has 0 unspecified atom stereocenters. The smallest absolute Gasteiger partial charge is 0.293 e. The number of benzene rings is 2. The predicted octanol–water partition coefficient (Wildman–Crippen LogP) is 4.93. The van der Waals surface area contributed by atoms with Gasteiger partial charge in [0.2, 0.25) is 0 Å². The van der Waals surface area contributed by atoms with Crippen molar-refractivity contribution in [3.05, 3.63) is 57.6 Å². The van der Waals surface area contributed by atoms with E-state index in [2.05, 4.69) is 12.2 Å². The van der Waals surface area contributed by atoms with Gasteiger partial charge in [0.15, 0.2) is 0 Å². The van der Waals surface area contributed by atoms with Gasteiger partial charge in [0.1, 0.15) is 11.4 Å². The first-order valence-electron chi connectivity index (χ1n) is 10.1. The fourth-order valence-electron chi connectivity index (χ4n) is 3.43. The van der Waals surface area contributed by atoms with Gasteiger partial charge in [-0.3, -0.25) is 14.9 Å². The maximum absolute atomic E-state index is 12.7. The lowest BCUT2D eigenvalue weighted by Crippen LogP contribution is -2.20. The summed E-state index contributed by atoms with van der Waals surface area (Å²) in [6, 6.07) is 10.2. The predicted molar refractivity (Wildman–Crippen MR) is 114 cm³/mol. The topological polar surface area (TPSA) is 84.7 Å². The molecule has 7 nitrogen and oxygen atoms in total. The molecule has 154 valence electrons. The third-order valence-corrected chi connectivity index (χ3v) is 5.09. The number of nitrogens with one attached hydrogen (secondary N) is 1. The van der Waals surface area contributed by atoms with E-state index < -0.39 is 4.92 Å². The van der Waals surface area contributed by atoms with Gasteiger partial charge >= 0.3 is 0 Å². The Hall–Kier alpha value is -3.09. The highest BCUT2D eigenvalue weighted by molar-refractivity contribution is 6.05. The summed E-state index contributed by atoms with van der Waals surface area (Å²) in [5.41, 5.74) is 2.34. The molecule has 1 fully saturated rings. The Balaban J connectivity index is 1.75. The molecule has 0 aliphatic carbocycles. The summed E-state index contributed by atoms with van der Waals surface area (Å²) >= 11 is 0. The molecule has 7 heteroatoms. The molecular formula is C22H27N3O4. The van der Waals surface area contributed by atoms with Crippen molar-refractivity contribution in [2.45, 2.75) is 39.5 Å². The van der Waals surface area contributed by atoms with Crippen LogP contribution in [0.2, 0.25) is 0 Å². The lowest BCUT2D eigenvalue weighted by atomic mass is 10.1. The van der Waals surface area contributed by atoms with Crippen LogP contribution < -0.4 is 15.0 Å². The Morgan fingerprint density at radius 1 is 1.21 bits per heavy atom. The van der Waals surface area contributed by atoms with Crippen LogP contribution in [0.1, 0.15) is 48.5 Å². The van der Waals surface area contributed by atoms with Crippen LogP contribution in [0, 0.1) is 17.0 Å². The van der Waals surface area contributed by atoms with Gasteiger partial charge in [-0.15, -0.1) is 0 Å². The van der Waals surface area contributed by atoms with Gasteiger partial charge in [-0.05, 0) is 62.1 Å². The highest BCUT2D eigenvalue weighted by Gasteiger charge is 2.24. The van der Waals surface area contributed by atoms with Gasteiger partial charge in [0.05, 0.1) is 11.5 Å². The van der Waals surface area contributed by atoms with Crippen molar-refractivity contribution in [2.24, 2.45) is 0 Å². The summed E-state index contributed by atoms with van der Waals surface area (Å²) in [5.74, 6) is 0.392. The quantitative estimate of drug-likeness (QED) is 0.388. The second-order valence-electron chi connectivity index (χ2n) is 7.29. The summed E-state index contributed by atoms with van der Waals surface area (Å²) in [7, 11) is 0. The fourth-order valence-corrected chi connectivity index (χ4v) is 3.43. The summed E-state index contributed by atoms with van der Waals surface area (Å²) in [6.07, 6.45) is 4.10. The van der Waals surface area contributed by atoms with Crippen LogP contribution in [0.3, 0.4) is 0 Å². The summed E-state index contributed by atoms with van der Waals surface area (Å²) in [4.78, 5) is 25.8. The third kappa shape index (κ3) is 5.04. The molecule has 1 aliphatic rings. The van der Waals surface area contributed by atoms with Crippen molar-refractivity contribution in [3.8, 4) is 5.75 Å². The van der Waals surface area contributed by atoms with Crippen LogP contribution in [-0.2, 0) is 0 Å². The number of nitrogens with zero attached hydrogens (tertiary/aromatic N) is 2. The van der Waals surface area contributed by atoms with Crippen molar-refractivity contribution in [1.29, 1.82) is 0 Å². The fraction of sp³-hybridized carbons (Fsp3) is 0.409. The van der Waals surface area contributed by atoms with Crippen molar-refractivity contribution in [2.75, 3.05) is 29.9 Å². The SMILES string of the molecule is CCCCOc1ccc(NC(=O)c2ccc(N3CCCC3)c([N+](=O)[O-])c2)c(C)c1. The number of nitro groups is 1. The van der Waals surface area contributed by atoms with Crippen molar-refractivity contribution >= 4 is 23.0 Å². The Labute approximate surface area is 170 Å². The number of unbranched alkanes of at least 4 members (excludes halogenated alkanes) is 1. The molecule has 1 saturated heterocycles. The molecule has 1 N–H and O–H groups in total. The summed E-state index contributed by atoms with van der Waals surface area (Å²) in [6.45, 7) is 6.27. The van der Waals surface area contributed by atoms with Crippen LogP contribution in [0.5, 0.6) is 5.75 Å². The van der Waals surface area contributed by atoms with Gasteiger partial charge in [0, 0.05) is 30.4 Å². The zero-order valence-corrected chi connectivity index (χ0v) is 16.9. The minimum absolute atomic E-state index is 0.0315. The molecule has 0 atom stereocenters. The summed E-state index contributed by atoms with van der Waals surface area (Å²) in [5, 5.41) is 14.4. The van der Waals surface area contributed by atoms with E-state index in [1.54, 1.807) is 18.2 Å². The maximum atomic E-state index is 12.7. The number of carbonyl (C=O) groups excluding carboxylic acids is 1. The molecule has 0 spiro atoms. The highest BCUT2D eigenvalue weighted by atomic mass is 16.6. The minimum Gasteiger partial charge on any atom is -0.494 e. The molecule has 0 aromatic heterocycles. The molecule has 0 saturated carbocycles. The second kappa shape index (κ2) is 9.41. The average Bonchev–Trinajstić information content (AvgIpc) is 3.24. The van der Waals surface area contributed by atoms with E-state index in [-0.39, 0.29) is 17.2 Å². The molecule has 1 aliphatic heterocycles. The molecule has 1 heterocycles. The molecular weight excluding hydrogens is 370 g/mol. The number of carbonyl (C=O) groups is 1. The number of aryl methyl sites for hydroxylation is 1. The monoisotopic (exact) mass is 397 g/mol. The van der Waals surface area contributed by atoms with E-state index in [4.69, 9.17) is 4.74 Å². The Morgan fingerprint density at radius 2 is 1.97 bits per heavy atom. The number of hydrogen-bond donors (Lipinski definition) is 1. The van der Waals surface area contributed by atoms with Gasteiger partial charge in [0.25, 0.3) is 11.6 Å². The zero-order valence-electron chi connectivity index (χ0n) is 16.9. The Bertz CT molecular complexity index is 892. The molecule has 2 aromatic carbocycles. The first-order valence-corrected chi connectivity index (χ1v) is 10.1. The minimum atomic E-state index is -0.419. The van der Waals surface area contributed by atoms with Crippen LogP contribution in [0.4, 0.5) is 17.1 Å². The van der Waals surface area contributed by atoms with E-state index in [1.807, 2.05) is 24.0 Å². The Kier molecular flexibility index (Phi) is 6.69. The first kappa shape index (κ1) is 20.6. The number of rotatable bonds is 8. The average molecular weight is 397 g/mol. The molecule has 1 amide bonds. The van der Waals surface area contributed by atoms with Crippen LogP contribution in [0.15, 0.2) is 36.4 Å². The number of ether oxygens (including phenoxy) is 1. The van der Waals surface area contributed by atoms with E-state index in [0.717, 1.165) is 50.1 Å². The van der Waals surface area contributed by atoms with Gasteiger partial charge in [-0.2, -0.15) is 0 Å². The van der Waals surface area contributed by atoms with Gasteiger partial charge in [-0.25, -0.2) is 0 Å². The van der Waals surface area contributed by atoms with E-state index in [1.165, 1.54) is 6.07 Å². The standard InChI is InChI=1S/C22H27N3O4/c1-3-4-13-29-18-8-9-19(16(2)14-18)23-22(26)17-7-10-20(21(15-17)25(27)28)24-11-5-6-12-24/h7-10,14-15H,3-6,11-13H2,1-2H3,(H,23,26). The molecule has 0 radical (unpaired) electrons. The zero-order chi connectivity index (χ0) is 20.8. The third-order valence-electron chi connectivity index (χ3n) is 5.09. The van der Waals surface area contributed by atoms with Crippen molar-refractivity contribution in [1.82, 2.24) is 0 Å². The molecule has 3 rings (SSSR count). The molecule has 29 heavy (non-hydrogen) atoms. The summed E-state index contributed by atoms with van der Waals surface area (Å²) < 4.78 is 5.68. The lowest BCUT2D eigenvalue weighted by Gasteiger charge is -2.18. The van der Waals surface area contributed by atoms with Crippen molar-refractivity contribution < 1.29 is 14.5 Å². The molecule has 0 bridgehead atoms. The van der Waals surface area contributed by atoms with E-state index in [9.17, 15) is 14.9 Å². The van der Waals surface area contributed by atoms with Gasteiger partial charge < -0.3 is 15.0 Å². The normalized spacial score (nSPS) is 13.4. The maximum Gasteiger partial charge on any atom is 0.293 e. The van der Waals surface area contributed by atoms with Crippen LogP contribution >= 0.6 is 0 Å². The van der Waals surface area contributed by atoms with Crippen LogP contribution in [0.25, 0.3) is 0 Å². The lowest BCUT2D eigenvalue weighted by molar-refractivity contribution is -0.384. The van der Waals surface area contributed by atoms with E-state index >= 15 is 0 Å². The largest absolute Gasteiger partial charge is 0.494 e. The number of anilines is 2. The van der Waals surface area contributed by atoms with Crippen LogP contribution in [-0.4, -0.2) is 30.5 Å². The van der Waals surface area contributed by atoms with Gasteiger partial charge in [-0.1, -0.05) is 13.3 Å².